The van der Waals surface area contributed by atoms with E-state index in [9.17, 15) is 9.50 Å². The van der Waals surface area contributed by atoms with Gasteiger partial charge in [-0.2, -0.15) is 0 Å². The van der Waals surface area contributed by atoms with E-state index in [2.05, 4.69) is 21.2 Å². The number of aromatic hydroxyl groups is 1. The highest BCUT2D eigenvalue weighted by atomic mass is 79.9. The molecule has 0 heterocycles. The van der Waals surface area contributed by atoms with Gasteiger partial charge in [0.25, 0.3) is 0 Å². The Balaban J connectivity index is 2.17. The number of hydrogen-bond acceptors (Lipinski definition) is 2. The lowest BCUT2D eigenvalue weighted by atomic mass is 10.1. The van der Waals surface area contributed by atoms with Gasteiger partial charge in [-0.15, -0.1) is 0 Å². The Bertz CT molecular complexity index is 590. The average Bonchev–Trinajstić information content (AvgIpc) is 2.37. The van der Waals surface area contributed by atoms with Crippen molar-refractivity contribution in [2.45, 2.75) is 20.4 Å². The van der Waals surface area contributed by atoms with Crippen LogP contribution < -0.4 is 5.32 Å². The largest absolute Gasteiger partial charge is 0.507 e. The Morgan fingerprint density at radius 2 is 1.79 bits per heavy atom. The van der Waals surface area contributed by atoms with Crippen molar-refractivity contribution in [1.82, 2.24) is 0 Å². The quantitative estimate of drug-likeness (QED) is 0.870. The topological polar surface area (TPSA) is 32.3 Å². The van der Waals surface area contributed by atoms with Crippen LogP contribution in [0.5, 0.6) is 5.75 Å². The highest BCUT2D eigenvalue weighted by molar-refractivity contribution is 9.10. The molecule has 0 bridgehead atoms. The van der Waals surface area contributed by atoms with Crippen LogP contribution in [0.15, 0.2) is 34.8 Å². The van der Waals surface area contributed by atoms with Gasteiger partial charge in [0.1, 0.15) is 11.6 Å². The molecule has 0 spiro atoms. The van der Waals surface area contributed by atoms with E-state index in [1.54, 1.807) is 6.07 Å². The van der Waals surface area contributed by atoms with Crippen molar-refractivity contribution in [3.05, 3.63) is 57.3 Å². The first-order chi connectivity index (χ1) is 8.97. The summed E-state index contributed by atoms with van der Waals surface area (Å²) in [5.41, 5.74) is 3.44. The maximum atomic E-state index is 13.2. The van der Waals surface area contributed by atoms with E-state index in [1.165, 1.54) is 12.1 Å². The molecule has 0 saturated heterocycles. The van der Waals surface area contributed by atoms with Crippen LogP contribution in [-0.4, -0.2) is 5.11 Å². The molecule has 0 aliphatic heterocycles. The number of phenolic OH excluding ortho intramolecular Hbond substituents is 1. The zero-order valence-corrected chi connectivity index (χ0v) is 12.4. The minimum absolute atomic E-state index is 0.274. The number of anilines is 1. The molecule has 19 heavy (non-hydrogen) atoms. The zero-order valence-electron chi connectivity index (χ0n) is 10.8. The van der Waals surface area contributed by atoms with Crippen molar-refractivity contribution >= 4 is 21.6 Å². The summed E-state index contributed by atoms with van der Waals surface area (Å²) in [7, 11) is 0. The number of benzene rings is 2. The predicted octanol–water partition coefficient (Wildman–Crippen LogP) is 4.52. The maximum Gasteiger partial charge on any atom is 0.125 e. The second-order valence-electron chi connectivity index (χ2n) is 4.56. The SMILES string of the molecule is Cc1cc(CNc2cc(F)ccc2Br)cc(C)c1O. The molecule has 0 aliphatic carbocycles. The number of aryl methyl sites for hydroxylation is 2. The lowest BCUT2D eigenvalue weighted by molar-refractivity contribution is 0.466. The predicted molar refractivity (Wildman–Crippen MR) is 79.0 cm³/mol. The summed E-state index contributed by atoms with van der Waals surface area (Å²) in [6.45, 7) is 4.30. The molecule has 0 aliphatic rings. The maximum absolute atomic E-state index is 13.2. The molecule has 100 valence electrons. The average molecular weight is 324 g/mol. The monoisotopic (exact) mass is 323 g/mol. The summed E-state index contributed by atoms with van der Waals surface area (Å²) < 4.78 is 14.0. The van der Waals surface area contributed by atoms with Crippen LogP contribution in [0, 0.1) is 19.7 Å². The first-order valence-electron chi connectivity index (χ1n) is 5.95. The van der Waals surface area contributed by atoms with Crippen LogP contribution in [-0.2, 0) is 6.54 Å². The number of nitrogens with one attached hydrogen (secondary N) is 1. The van der Waals surface area contributed by atoms with Crippen molar-refractivity contribution < 1.29 is 9.50 Å². The Kier molecular flexibility index (Phi) is 4.10. The minimum atomic E-state index is -0.274. The molecular weight excluding hydrogens is 309 g/mol. The number of halogens is 2. The van der Waals surface area contributed by atoms with E-state index in [4.69, 9.17) is 0 Å². The Hall–Kier alpha value is -1.55. The van der Waals surface area contributed by atoms with E-state index >= 15 is 0 Å². The summed E-state index contributed by atoms with van der Waals surface area (Å²) in [5.74, 6) is 0.0550. The van der Waals surface area contributed by atoms with E-state index in [-0.39, 0.29) is 5.82 Å². The first kappa shape index (κ1) is 13.9. The van der Waals surface area contributed by atoms with Crippen molar-refractivity contribution in [3.8, 4) is 5.75 Å². The Labute approximate surface area is 120 Å². The molecule has 2 rings (SSSR count). The lowest BCUT2D eigenvalue weighted by Crippen LogP contribution is -2.01. The molecule has 2 aromatic rings. The van der Waals surface area contributed by atoms with E-state index < -0.39 is 0 Å². The van der Waals surface area contributed by atoms with Crippen molar-refractivity contribution in [3.63, 3.8) is 0 Å². The number of hydrogen-bond donors (Lipinski definition) is 2. The van der Waals surface area contributed by atoms with Crippen LogP contribution in [0.1, 0.15) is 16.7 Å². The highest BCUT2D eigenvalue weighted by Crippen LogP contribution is 2.26. The highest BCUT2D eigenvalue weighted by Gasteiger charge is 2.05. The molecule has 4 heteroatoms. The van der Waals surface area contributed by atoms with Crippen LogP contribution >= 0.6 is 15.9 Å². The fourth-order valence-electron chi connectivity index (χ4n) is 1.98. The fourth-order valence-corrected chi connectivity index (χ4v) is 2.36. The molecule has 2 nitrogen and oxygen atoms in total. The van der Waals surface area contributed by atoms with E-state index in [1.807, 2.05) is 26.0 Å². The van der Waals surface area contributed by atoms with Crippen molar-refractivity contribution in [2.24, 2.45) is 0 Å². The zero-order chi connectivity index (χ0) is 14.0. The van der Waals surface area contributed by atoms with Crippen molar-refractivity contribution in [1.29, 1.82) is 0 Å². The minimum Gasteiger partial charge on any atom is -0.507 e. The standard InChI is InChI=1S/C15H15BrFNO/c1-9-5-11(6-10(2)15(9)19)8-18-14-7-12(17)3-4-13(14)16/h3-7,18-19H,8H2,1-2H3. The third-order valence-corrected chi connectivity index (χ3v) is 3.65. The molecule has 0 radical (unpaired) electrons. The first-order valence-corrected chi connectivity index (χ1v) is 6.74. The third kappa shape index (κ3) is 3.26. The van der Waals surface area contributed by atoms with Gasteiger partial charge >= 0.3 is 0 Å². The molecule has 0 aromatic heterocycles. The van der Waals surface area contributed by atoms with Crippen LogP contribution in [0.25, 0.3) is 0 Å². The van der Waals surface area contributed by atoms with Crippen molar-refractivity contribution in [2.75, 3.05) is 5.32 Å². The van der Waals surface area contributed by atoms with Gasteiger partial charge in [-0.05, 0) is 64.7 Å². The third-order valence-electron chi connectivity index (χ3n) is 2.96. The van der Waals surface area contributed by atoms with Gasteiger partial charge < -0.3 is 10.4 Å². The molecule has 0 atom stereocenters. The molecule has 0 unspecified atom stereocenters. The summed E-state index contributed by atoms with van der Waals surface area (Å²) >= 11 is 3.38. The summed E-state index contributed by atoms with van der Waals surface area (Å²) in [6.07, 6.45) is 0. The normalized spacial score (nSPS) is 10.5. The number of phenols is 1. The molecule has 0 saturated carbocycles. The lowest BCUT2D eigenvalue weighted by Gasteiger charge is -2.11. The Morgan fingerprint density at radius 3 is 2.42 bits per heavy atom. The van der Waals surface area contributed by atoms with Gasteiger partial charge in [-0.1, -0.05) is 12.1 Å². The van der Waals surface area contributed by atoms with Gasteiger partial charge in [0.2, 0.25) is 0 Å². The molecule has 0 fully saturated rings. The van der Waals surface area contributed by atoms with Crippen LogP contribution in [0.2, 0.25) is 0 Å². The summed E-state index contributed by atoms with van der Waals surface area (Å²) in [5, 5.41) is 12.9. The van der Waals surface area contributed by atoms with Gasteiger partial charge in [-0.25, -0.2) is 4.39 Å². The molecule has 2 N–H and O–H groups in total. The smallest absolute Gasteiger partial charge is 0.125 e. The number of rotatable bonds is 3. The fraction of sp³-hybridized carbons (Fsp3) is 0.200. The van der Waals surface area contributed by atoms with Gasteiger partial charge in [0, 0.05) is 11.0 Å². The Morgan fingerprint density at radius 1 is 1.16 bits per heavy atom. The summed E-state index contributed by atoms with van der Waals surface area (Å²) in [6, 6.07) is 8.37. The summed E-state index contributed by atoms with van der Waals surface area (Å²) in [4.78, 5) is 0. The molecule has 2 aromatic carbocycles. The van der Waals surface area contributed by atoms with Gasteiger partial charge in [0.05, 0.1) is 5.69 Å². The van der Waals surface area contributed by atoms with Crippen LogP contribution in [0.3, 0.4) is 0 Å². The molecule has 0 amide bonds. The van der Waals surface area contributed by atoms with Gasteiger partial charge in [0.15, 0.2) is 0 Å². The second-order valence-corrected chi connectivity index (χ2v) is 5.41. The van der Waals surface area contributed by atoms with E-state index in [0.29, 0.717) is 18.0 Å². The second kappa shape index (κ2) is 5.61. The molecular formula is C15H15BrFNO. The van der Waals surface area contributed by atoms with Crippen LogP contribution in [0.4, 0.5) is 10.1 Å². The van der Waals surface area contributed by atoms with Gasteiger partial charge in [-0.3, -0.25) is 0 Å². The van der Waals surface area contributed by atoms with E-state index in [0.717, 1.165) is 21.2 Å².